The van der Waals surface area contributed by atoms with Gasteiger partial charge in [-0.15, -0.1) is 0 Å². The molecule has 1 aliphatic rings. The van der Waals surface area contributed by atoms with Crippen LogP contribution in [0.4, 0.5) is 0 Å². The van der Waals surface area contributed by atoms with Gasteiger partial charge in [-0.3, -0.25) is 0 Å². The number of rotatable bonds is 3. The molecule has 4 aromatic heterocycles. The fourth-order valence-corrected chi connectivity index (χ4v) is 3.06. The SMILES string of the molecule is Clc1nccn2nc(Cc3cn4cc(C5CC5)ccc4n3)nc12. The van der Waals surface area contributed by atoms with Gasteiger partial charge < -0.3 is 4.40 Å². The van der Waals surface area contributed by atoms with Crippen molar-refractivity contribution >= 4 is 22.9 Å². The topological polar surface area (TPSA) is 60.4 Å². The molecule has 4 heterocycles. The number of hydrogen-bond acceptors (Lipinski definition) is 4. The van der Waals surface area contributed by atoms with Gasteiger partial charge in [0.25, 0.3) is 0 Å². The van der Waals surface area contributed by atoms with Crippen LogP contribution in [-0.2, 0) is 6.42 Å². The molecule has 5 rings (SSSR count). The van der Waals surface area contributed by atoms with E-state index < -0.39 is 0 Å². The van der Waals surface area contributed by atoms with Gasteiger partial charge in [-0.2, -0.15) is 5.10 Å². The molecule has 1 saturated carbocycles. The molecule has 0 atom stereocenters. The first-order valence-electron chi connectivity index (χ1n) is 7.59. The fourth-order valence-electron chi connectivity index (χ4n) is 2.87. The second-order valence-corrected chi connectivity index (χ2v) is 6.28. The van der Waals surface area contributed by atoms with E-state index in [1.54, 1.807) is 16.9 Å². The maximum absolute atomic E-state index is 6.04. The van der Waals surface area contributed by atoms with E-state index in [9.17, 15) is 0 Å². The molecule has 4 aromatic rings. The Balaban J connectivity index is 1.50. The second-order valence-electron chi connectivity index (χ2n) is 5.93. The van der Waals surface area contributed by atoms with Crippen molar-refractivity contribution in [3.63, 3.8) is 0 Å². The van der Waals surface area contributed by atoms with Crippen molar-refractivity contribution in [3.8, 4) is 0 Å². The number of fused-ring (bicyclic) bond motifs is 2. The highest BCUT2D eigenvalue weighted by molar-refractivity contribution is 6.32. The fraction of sp³-hybridized carbons (Fsp3) is 0.250. The second kappa shape index (κ2) is 4.76. The van der Waals surface area contributed by atoms with Crippen LogP contribution < -0.4 is 0 Å². The molecule has 0 saturated heterocycles. The first kappa shape index (κ1) is 13.0. The molecule has 0 spiro atoms. The van der Waals surface area contributed by atoms with E-state index in [4.69, 9.17) is 11.6 Å². The maximum Gasteiger partial charge on any atom is 0.193 e. The number of halogens is 1. The van der Waals surface area contributed by atoms with Crippen LogP contribution in [0.15, 0.2) is 36.9 Å². The van der Waals surface area contributed by atoms with E-state index in [-0.39, 0.29) is 0 Å². The van der Waals surface area contributed by atoms with Crippen molar-refractivity contribution < 1.29 is 0 Å². The molecule has 7 heteroatoms. The molecule has 0 N–H and O–H groups in total. The van der Waals surface area contributed by atoms with E-state index >= 15 is 0 Å². The lowest BCUT2D eigenvalue weighted by Crippen LogP contribution is -1.92. The average molecular weight is 325 g/mol. The summed E-state index contributed by atoms with van der Waals surface area (Å²) in [6.45, 7) is 0. The smallest absolute Gasteiger partial charge is 0.193 e. The number of pyridine rings is 1. The predicted octanol–water partition coefficient (Wildman–Crippen LogP) is 2.89. The molecule has 0 amide bonds. The molecular formula is C16H13ClN6. The van der Waals surface area contributed by atoms with Crippen LogP contribution in [0.2, 0.25) is 5.15 Å². The van der Waals surface area contributed by atoms with E-state index in [0.29, 0.717) is 23.0 Å². The van der Waals surface area contributed by atoms with Crippen LogP contribution in [0, 0.1) is 0 Å². The summed E-state index contributed by atoms with van der Waals surface area (Å²) in [5.74, 6) is 1.42. The van der Waals surface area contributed by atoms with Gasteiger partial charge in [0.15, 0.2) is 16.6 Å². The Morgan fingerprint density at radius 2 is 2.09 bits per heavy atom. The minimum Gasteiger partial charge on any atom is -0.307 e. The number of nitrogens with zero attached hydrogens (tertiary/aromatic N) is 6. The summed E-state index contributed by atoms with van der Waals surface area (Å²) in [4.78, 5) is 13.1. The van der Waals surface area contributed by atoms with E-state index in [1.807, 2.05) is 6.20 Å². The third kappa shape index (κ3) is 2.26. The molecular weight excluding hydrogens is 312 g/mol. The largest absolute Gasteiger partial charge is 0.307 e. The van der Waals surface area contributed by atoms with Gasteiger partial charge in [0.05, 0.1) is 12.1 Å². The molecule has 1 aliphatic carbocycles. The van der Waals surface area contributed by atoms with Gasteiger partial charge in [0.1, 0.15) is 5.65 Å². The van der Waals surface area contributed by atoms with Crippen LogP contribution in [0.5, 0.6) is 0 Å². The summed E-state index contributed by atoms with van der Waals surface area (Å²) in [6.07, 6.45) is 10.7. The minimum atomic E-state index is 0.357. The first-order valence-corrected chi connectivity index (χ1v) is 7.97. The van der Waals surface area contributed by atoms with Crippen LogP contribution >= 0.6 is 11.6 Å². The van der Waals surface area contributed by atoms with Crippen molar-refractivity contribution in [2.45, 2.75) is 25.2 Å². The Morgan fingerprint density at radius 1 is 1.17 bits per heavy atom. The average Bonchev–Trinajstić information content (AvgIpc) is 3.18. The molecule has 0 radical (unpaired) electrons. The van der Waals surface area contributed by atoms with Crippen molar-refractivity contribution in [1.82, 2.24) is 29.0 Å². The quantitative estimate of drug-likeness (QED) is 0.581. The van der Waals surface area contributed by atoms with Gasteiger partial charge in [-0.25, -0.2) is 19.5 Å². The van der Waals surface area contributed by atoms with Crippen LogP contribution in [-0.4, -0.2) is 29.0 Å². The van der Waals surface area contributed by atoms with E-state index in [1.165, 1.54) is 18.4 Å². The van der Waals surface area contributed by atoms with Crippen LogP contribution in [0.1, 0.15) is 35.8 Å². The van der Waals surface area contributed by atoms with Gasteiger partial charge in [-0.1, -0.05) is 17.7 Å². The lowest BCUT2D eigenvalue weighted by atomic mass is 10.2. The normalized spacial score (nSPS) is 14.8. The van der Waals surface area contributed by atoms with E-state index in [2.05, 4.69) is 42.8 Å². The Morgan fingerprint density at radius 3 is 2.91 bits per heavy atom. The molecule has 6 nitrogen and oxygen atoms in total. The minimum absolute atomic E-state index is 0.357. The molecule has 0 unspecified atom stereocenters. The highest BCUT2D eigenvalue weighted by Gasteiger charge is 2.23. The van der Waals surface area contributed by atoms with E-state index in [0.717, 1.165) is 17.3 Å². The standard InChI is InChI=1S/C16H13ClN6/c17-15-16-20-13(21-23(16)6-5-18-15)7-12-9-22-8-11(10-1-2-10)3-4-14(22)19-12/h3-6,8-10H,1-2,7H2. The molecule has 23 heavy (non-hydrogen) atoms. The van der Waals surface area contributed by atoms with Crippen LogP contribution in [0.25, 0.3) is 11.3 Å². The Bertz CT molecular complexity index is 1030. The lowest BCUT2D eigenvalue weighted by Gasteiger charge is -1.98. The summed E-state index contributed by atoms with van der Waals surface area (Å²) in [6, 6.07) is 4.26. The zero-order chi connectivity index (χ0) is 15.4. The number of aromatic nitrogens is 6. The molecule has 114 valence electrons. The van der Waals surface area contributed by atoms with Gasteiger partial charge in [0, 0.05) is 24.8 Å². The summed E-state index contributed by atoms with van der Waals surface area (Å²) >= 11 is 6.04. The molecule has 0 aliphatic heterocycles. The van der Waals surface area contributed by atoms with Crippen LogP contribution in [0.3, 0.4) is 0 Å². The summed E-state index contributed by atoms with van der Waals surface area (Å²) < 4.78 is 3.74. The van der Waals surface area contributed by atoms with Crippen molar-refractivity contribution in [2.75, 3.05) is 0 Å². The summed E-state index contributed by atoms with van der Waals surface area (Å²) in [5, 5.41) is 4.78. The Labute approximate surface area is 136 Å². The van der Waals surface area contributed by atoms with Gasteiger partial charge in [-0.05, 0) is 30.4 Å². The van der Waals surface area contributed by atoms with Crippen molar-refractivity contribution in [1.29, 1.82) is 0 Å². The van der Waals surface area contributed by atoms with Gasteiger partial charge in [0.2, 0.25) is 0 Å². The monoisotopic (exact) mass is 324 g/mol. The lowest BCUT2D eigenvalue weighted by molar-refractivity contribution is 0.885. The third-order valence-corrected chi connectivity index (χ3v) is 4.43. The van der Waals surface area contributed by atoms with Crippen molar-refractivity contribution in [2.24, 2.45) is 0 Å². The third-order valence-electron chi connectivity index (χ3n) is 4.17. The molecule has 1 fully saturated rings. The summed E-state index contributed by atoms with van der Waals surface area (Å²) in [5.41, 5.74) is 3.86. The maximum atomic E-state index is 6.04. The molecule has 0 bridgehead atoms. The number of imidazole rings is 1. The predicted molar refractivity (Wildman–Crippen MR) is 85.8 cm³/mol. The zero-order valence-corrected chi connectivity index (χ0v) is 13.0. The summed E-state index contributed by atoms with van der Waals surface area (Å²) in [7, 11) is 0. The Hall–Kier alpha value is -2.47. The first-order chi connectivity index (χ1) is 11.3. The number of hydrogen-bond donors (Lipinski definition) is 0. The highest BCUT2D eigenvalue weighted by atomic mass is 35.5. The highest BCUT2D eigenvalue weighted by Crippen LogP contribution is 2.39. The van der Waals surface area contributed by atoms with Gasteiger partial charge >= 0.3 is 0 Å². The van der Waals surface area contributed by atoms with Crippen molar-refractivity contribution in [3.05, 3.63) is 59.2 Å². The zero-order valence-electron chi connectivity index (χ0n) is 12.2. The Kier molecular flexibility index (Phi) is 2.69. The molecule has 0 aromatic carbocycles.